The van der Waals surface area contributed by atoms with Gasteiger partial charge >= 0.3 is 0 Å². The van der Waals surface area contributed by atoms with Crippen molar-refractivity contribution >= 4 is 5.91 Å². The summed E-state index contributed by atoms with van der Waals surface area (Å²) in [6.45, 7) is 6.00. The lowest BCUT2D eigenvalue weighted by Crippen LogP contribution is -2.46. The zero-order valence-electron chi connectivity index (χ0n) is 12.3. The molecule has 0 fully saturated rings. The Balaban J connectivity index is 2.19. The van der Waals surface area contributed by atoms with Gasteiger partial charge in [-0.2, -0.15) is 5.26 Å². The molecular weight excluding hydrogens is 252 g/mol. The first-order valence-corrected chi connectivity index (χ1v) is 7.37. The van der Waals surface area contributed by atoms with Crippen LogP contribution in [0.3, 0.4) is 0 Å². The van der Waals surface area contributed by atoms with E-state index in [1.807, 2.05) is 20.0 Å². The molecule has 0 N–H and O–H groups in total. The van der Waals surface area contributed by atoms with Crippen molar-refractivity contribution in [2.24, 2.45) is 5.41 Å². The van der Waals surface area contributed by atoms with Crippen LogP contribution in [0.15, 0.2) is 12.4 Å². The Morgan fingerprint density at radius 1 is 1.40 bits per heavy atom. The fourth-order valence-corrected chi connectivity index (χ4v) is 3.00. The van der Waals surface area contributed by atoms with Gasteiger partial charge in [-0.15, -0.1) is 0 Å². The van der Waals surface area contributed by atoms with Crippen LogP contribution in [0.5, 0.6) is 0 Å². The minimum atomic E-state index is -0.849. The molecule has 0 unspecified atom stereocenters. The molecule has 0 bridgehead atoms. The smallest absolute Gasteiger partial charge is 0.243 e. The fraction of sp³-hybridized carbons (Fsp3) is 0.667. The number of fused-ring (bicyclic) bond motifs is 1. The second-order valence-electron chi connectivity index (χ2n) is 5.46. The van der Waals surface area contributed by atoms with Crippen molar-refractivity contribution in [3.05, 3.63) is 18.2 Å². The molecule has 0 aliphatic carbocycles. The van der Waals surface area contributed by atoms with Gasteiger partial charge in [0.2, 0.25) is 5.91 Å². The van der Waals surface area contributed by atoms with Gasteiger partial charge in [0.15, 0.2) is 0 Å². The molecule has 0 saturated heterocycles. The van der Waals surface area contributed by atoms with Gasteiger partial charge in [-0.25, -0.2) is 4.98 Å². The maximum absolute atomic E-state index is 12.8. The van der Waals surface area contributed by atoms with E-state index in [-0.39, 0.29) is 5.91 Å². The molecule has 2 rings (SSSR count). The Kier molecular flexibility index (Phi) is 4.43. The minimum Gasteiger partial charge on any atom is -0.332 e. The summed E-state index contributed by atoms with van der Waals surface area (Å²) in [5, 5.41) is 9.58. The number of carbonyl (C=O) groups excluding carboxylic acids is 1. The van der Waals surface area contributed by atoms with Gasteiger partial charge in [-0.1, -0.05) is 26.7 Å². The van der Waals surface area contributed by atoms with Gasteiger partial charge in [-0.3, -0.25) is 4.79 Å². The van der Waals surface area contributed by atoms with E-state index < -0.39 is 5.41 Å². The molecule has 1 amide bonds. The van der Waals surface area contributed by atoms with Crippen LogP contribution >= 0.6 is 0 Å². The van der Waals surface area contributed by atoms with Crippen molar-refractivity contribution in [2.75, 3.05) is 6.54 Å². The second-order valence-corrected chi connectivity index (χ2v) is 5.46. The topological polar surface area (TPSA) is 61.9 Å². The number of imidazole rings is 1. The highest BCUT2D eigenvalue weighted by molar-refractivity contribution is 5.85. The number of carbonyl (C=O) groups is 1. The molecule has 0 radical (unpaired) electrons. The van der Waals surface area contributed by atoms with Crippen molar-refractivity contribution in [1.29, 1.82) is 5.26 Å². The number of nitrogens with zero attached hydrogens (tertiary/aromatic N) is 4. The first kappa shape index (κ1) is 14.6. The number of nitriles is 1. The predicted molar refractivity (Wildman–Crippen MR) is 75.5 cm³/mol. The van der Waals surface area contributed by atoms with Gasteiger partial charge in [0.1, 0.15) is 11.2 Å². The van der Waals surface area contributed by atoms with Crippen LogP contribution in [0.25, 0.3) is 0 Å². The van der Waals surface area contributed by atoms with E-state index in [1.165, 1.54) is 0 Å². The summed E-state index contributed by atoms with van der Waals surface area (Å²) in [5.41, 5.74) is -0.849. The number of aromatic nitrogens is 2. The summed E-state index contributed by atoms with van der Waals surface area (Å²) in [7, 11) is 0. The lowest BCUT2D eigenvalue weighted by Gasteiger charge is -2.34. The van der Waals surface area contributed by atoms with E-state index in [1.54, 1.807) is 11.1 Å². The molecule has 0 saturated carbocycles. The van der Waals surface area contributed by atoms with Crippen LogP contribution in [0.1, 0.15) is 45.4 Å². The highest BCUT2D eigenvalue weighted by Crippen LogP contribution is 2.32. The van der Waals surface area contributed by atoms with Gasteiger partial charge in [-0.05, 0) is 12.8 Å². The van der Waals surface area contributed by atoms with Crippen molar-refractivity contribution in [1.82, 2.24) is 14.5 Å². The first-order valence-electron chi connectivity index (χ1n) is 7.37. The van der Waals surface area contributed by atoms with E-state index in [4.69, 9.17) is 0 Å². The second kappa shape index (κ2) is 6.08. The molecule has 1 aliphatic heterocycles. The monoisotopic (exact) mass is 274 g/mol. The molecule has 1 aromatic rings. The third-order valence-electron chi connectivity index (χ3n) is 4.01. The van der Waals surface area contributed by atoms with Gasteiger partial charge < -0.3 is 9.47 Å². The Morgan fingerprint density at radius 2 is 2.10 bits per heavy atom. The highest BCUT2D eigenvalue weighted by Gasteiger charge is 2.40. The Morgan fingerprint density at radius 3 is 2.70 bits per heavy atom. The van der Waals surface area contributed by atoms with Crippen LogP contribution in [0.2, 0.25) is 0 Å². The van der Waals surface area contributed by atoms with E-state index in [0.717, 1.165) is 25.2 Å². The van der Waals surface area contributed by atoms with Gasteiger partial charge in [0, 0.05) is 25.5 Å². The molecule has 5 nitrogen and oxygen atoms in total. The van der Waals surface area contributed by atoms with Crippen LogP contribution in [0.4, 0.5) is 0 Å². The predicted octanol–water partition coefficient (Wildman–Crippen LogP) is 2.34. The maximum Gasteiger partial charge on any atom is 0.243 e. The number of hydrogen-bond donors (Lipinski definition) is 0. The summed E-state index contributed by atoms with van der Waals surface area (Å²) in [6, 6.07) is 2.31. The van der Waals surface area contributed by atoms with E-state index in [2.05, 4.69) is 15.6 Å². The molecular formula is C15H22N4O. The largest absolute Gasteiger partial charge is 0.332 e. The summed E-state index contributed by atoms with van der Waals surface area (Å²) in [6.07, 6.45) is 6.68. The lowest BCUT2D eigenvalue weighted by molar-refractivity contribution is -0.141. The summed E-state index contributed by atoms with van der Waals surface area (Å²) < 4.78 is 2.07. The van der Waals surface area contributed by atoms with E-state index in [9.17, 15) is 10.1 Å². The van der Waals surface area contributed by atoms with Gasteiger partial charge in [0.25, 0.3) is 0 Å². The fourth-order valence-electron chi connectivity index (χ4n) is 3.00. The van der Waals surface area contributed by atoms with E-state index in [0.29, 0.717) is 25.9 Å². The molecule has 0 atom stereocenters. The Bertz CT molecular complexity index is 508. The number of hydrogen-bond acceptors (Lipinski definition) is 3. The van der Waals surface area contributed by atoms with Crippen LogP contribution in [0, 0.1) is 16.7 Å². The van der Waals surface area contributed by atoms with Crippen molar-refractivity contribution in [2.45, 2.75) is 52.6 Å². The quantitative estimate of drug-likeness (QED) is 0.828. The zero-order valence-corrected chi connectivity index (χ0v) is 12.3. The van der Waals surface area contributed by atoms with Crippen LogP contribution in [-0.2, 0) is 17.9 Å². The molecule has 20 heavy (non-hydrogen) atoms. The third-order valence-corrected chi connectivity index (χ3v) is 4.01. The maximum atomic E-state index is 12.8. The molecule has 108 valence electrons. The Labute approximate surface area is 120 Å². The normalized spacial score (nSPS) is 14.8. The Hall–Kier alpha value is -1.83. The summed E-state index contributed by atoms with van der Waals surface area (Å²) in [4.78, 5) is 18.9. The first-order chi connectivity index (χ1) is 9.66. The molecule has 0 spiro atoms. The van der Waals surface area contributed by atoms with Gasteiger partial charge in [0.05, 0.1) is 12.6 Å². The molecule has 0 aromatic carbocycles. The van der Waals surface area contributed by atoms with Crippen LogP contribution in [-0.4, -0.2) is 26.9 Å². The average Bonchev–Trinajstić information content (AvgIpc) is 2.93. The molecule has 1 aliphatic rings. The van der Waals surface area contributed by atoms with Crippen LogP contribution < -0.4 is 0 Å². The zero-order chi connectivity index (χ0) is 14.6. The minimum absolute atomic E-state index is 0.0158. The third kappa shape index (κ3) is 2.55. The SMILES string of the molecule is CCCC(C#N)(CCC)C(=O)N1CCn2ccnc2C1. The summed E-state index contributed by atoms with van der Waals surface area (Å²) in [5.74, 6) is 0.891. The number of amides is 1. The standard InChI is InChI=1S/C15H22N4O/c1-3-5-15(12-16,6-4-2)14(20)19-10-9-18-8-7-17-13(18)11-19/h7-8H,3-6,9-11H2,1-2H3. The van der Waals surface area contributed by atoms with Crippen molar-refractivity contribution in [3.8, 4) is 6.07 Å². The van der Waals surface area contributed by atoms with Crippen molar-refractivity contribution < 1.29 is 4.79 Å². The molecule has 2 heterocycles. The lowest BCUT2D eigenvalue weighted by atomic mass is 9.79. The number of rotatable bonds is 5. The van der Waals surface area contributed by atoms with Crippen molar-refractivity contribution in [3.63, 3.8) is 0 Å². The average molecular weight is 274 g/mol. The molecule has 1 aromatic heterocycles. The highest BCUT2D eigenvalue weighted by atomic mass is 16.2. The summed E-state index contributed by atoms with van der Waals surface area (Å²) >= 11 is 0. The van der Waals surface area contributed by atoms with E-state index >= 15 is 0 Å². The molecule has 5 heteroatoms.